The van der Waals surface area contributed by atoms with E-state index in [4.69, 9.17) is 0 Å². The van der Waals surface area contributed by atoms with Crippen LogP contribution in [0.1, 0.15) is 16.2 Å². The minimum atomic E-state index is -0.281. The number of aryl methyl sites for hydroxylation is 1. The van der Waals surface area contributed by atoms with Crippen molar-refractivity contribution < 1.29 is 4.79 Å². The van der Waals surface area contributed by atoms with Crippen LogP contribution in [0.4, 0.5) is 5.69 Å². The average molecular weight is 391 g/mol. The van der Waals surface area contributed by atoms with Crippen LogP contribution in [0.2, 0.25) is 0 Å². The molecule has 0 saturated heterocycles. The van der Waals surface area contributed by atoms with Gasteiger partial charge in [-0.15, -0.1) is 5.10 Å². The molecule has 2 aromatic carbocycles. The Kier molecular flexibility index (Phi) is 4.90. The fourth-order valence-corrected chi connectivity index (χ4v) is 3.23. The third-order valence-corrected chi connectivity index (χ3v) is 4.71. The predicted octanol–water partition coefficient (Wildman–Crippen LogP) is 3.13. The van der Waals surface area contributed by atoms with Gasteiger partial charge in [0.25, 0.3) is 5.91 Å². The third kappa shape index (κ3) is 3.52. The predicted molar refractivity (Wildman–Crippen MR) is 107 cm³/mol. The van der Waals surface area contributed by atoms with Gasteiger partial charge in [-0.1, -0.05) is 36.0 Å². The Hall–Kier alpha value is -3.46. The van der Waals surface area contributed by atoms with Gasteiger partial charge in [0.2, 0.25) is 5.16 Å². The molecule has 0 bridgehead atoms. The van der Waals surface area contributed by atoms with Gasteiger partial charge in [0.15, 0.2) is 5.69 Å². The number of rotatable bonds is 5. The van der Waals surface area contributed by atoms with Crippen LogP contribution in [-0.2, 0) is 0 Å². The van der Waals surface area contributed by atoms with Crippen molar-refractivity contribution in [2.24, 2.45) is 0 Å². The number of nitrogens with zero attached hydrogens (tertiary/aromatic N) is 6. The number of amides is 1. The summed E-state index contributed by atoms with van der Waals surface area (Å²) in [6.45, 7) is 1.92. The normalized spacial score (nSPS) is 10.8. The topological polar surface area (TPSA) is 90.5 Å². The van der Waals surface area contributed by atoms with Gasteiger partial charge in [0.1, 0.15) is 0 Å². The molecule has 1 amide bonds. The summed E-state index contributed by atoms with van der Waals surface area (Å²) >= 11 is 1.44. The van der Waals surface area contributed by atoms with Crippen LogP contribution in [0.3, 0.4) is 0 Å². The molecule has 0 spiro atoms. The summed E-state index contributed by atoms with van der Waals surface area (Å²) in [5.74, 6) is -0.281. The summed E-state index contributed by atoms with van der Waals surface area (Å²) in [6, 6.07) is 18.8. The van der Waals surface area contributed by atoms with Crippen LogP contribution in [0, 0.1) is 6.92 Å². The number of aromatic nitrogens is 6. The highest BCUT2D eigenvalue weighted by molar-refractivity contribution is 7.98. The summed E-state index contributed by atoms with van der Waals surface area (Å²) < 4.78 is 3.37. The van der Waals surface area contributed by atoms with Gasteiger partial charge in [0, 0.05) is 11.4 Å². The standard InChI is InChI=1S/C19H17N7OS/c1-13-11-17(22-25(13)15-8-4-3-5-9-15)18(27)20-14-7-6-10-16(12-14)26-19(28-2)21-23-24-26/h3-12H,1-2H3,(H,20,27). The molecule has 4 rings (SSSR count). The molecule has 2 aromatic heterocycles. The van der Waals surface area contributed by atoms with E-state index in [-0.39, 0.29) is 5.91 Å². The van der Waals surface area contributed by atoms with Gasteiger partial charge < -0.3 is 5.32 Å². The number of anilines is 1. The maximum absolute atomic E-state index is 12.7. The molecule has 1 N–H and O–H groups in total. The fourth-order valence-electron chi connectivity index (χ4n) is 2.79. The largest absolute Gasteiger partial charge is 0.321 e. The average Bonchev–Trinajstić information content (AvgIpc) is 3.35. The van der Waals surface area contributed by atoms with Crippen molar-refractivity contribution in [2.75, 3.05) is 11.6 Å². The highest BCUT2D eigenvalue weighted by atomic mass is 32.2. The lowest BCUT2D eigenvalue weighted by atomic mass is 10.2. The Morgan fingerprint density at radius 3 is 2.57 bits per heavy atom. The molecule has 8 nitrogen and oxygen atoms in total. The van der Waals surface area contributed by atoms with Crippen molar-refractivity contribution in [1.29, 1.82) is 0 Å². The lowest BCUT2D eigenvalue weighted by Gasteiger charge is -2.07. The highest BCUT2D eigenvalue weighted by Crippen LogP contribution is 2.19. The van der Waals surface area contributed by atoms with Gasteiger partial charge in [-0.2, -0.15) is 9.78 Å². The van der Waals surface area contributed by atoms with E-state index in [2.05, 4.69) is 25.9 Å². The Morgan fingerprint density at radius 1 is 1.00 bits per heavy atom. The summed E-state index contributed by atoms with van der Waals surface area (Å²) in [5.41, 5.74) is 3.53. The minimum absolute atomic E-state index is 0.281. The van der Waals surface area contributed by atoms with Crippen LogP contribution < -0.4 is 5.32 Å². The van der Waals surface area contributed by atoms with Crippen LogP contribution in [0.5, 0.6) is 0 Å². The zero-order valence-corrected chi connectivity index (χ0v) is 16.1. The van der Waals surface area contributed by atoms with Crippen molar-refractivity contribution in [2.45, 2.75) is 12.1 Å². The van der Waals surface area contributed by atoms with Gasteiger partial charge in [0.05, 0.1) is 11.4 Å². The SMILES string of the molecule is CSc1nnnn1-c1cccc(NC(=O)c2cc(C)n(-c3ccccc3)n2)c1. The molecule has 28 heavy (non-hydrogen) atoms. The second kappa shape index (κ2) is 7.65. The molecule has 0 radical (unpaired) electrons. The van der Waals surface area contributed by atoms with Crippen LogP contribution in [-0.4, -0.2) is 42.2 Å². The molecular formula is C19H17N7OS. The molecule has 0 aliphatic heterocycles. The number of tetrazole rings is 1. The van der Waals surface area contributed by atoms with Gasteiger partial charge >= 0.3 is 0 Å². The number of para-hydroxylation sites is 1. The molecule has 140 valence electrons. The molecule has 0 saturated carbocycles. The molecule has 0 fully saturated rings. The quantitative estimate of drug-likeness (QED) is 0.526. The minimum Gasteiger partial charge on any atom is -0.321 e. The van der Waals surface area contributed by atoms with Crippen molar-refractivity contribution >= 4 is 23.4 Å². The maximum Gasteiger partial charge on any atom is 0.276 e. The van der Waals surface area contributed by atoms with Crippen LogP contribution in [0.25, 0.3) is 11.4 Å². The highest BCUT2D eigenvalue weighted by Gasteiger charge is 2.14. The van der Waals surface area contributed by atoms with Crippen LogP contribution in [0.15, 0.2) is 65.8 Å². The summed E-state index contributed by atoms with van der Waals surface area (Å²) in [4.78, 5) is 12.7. The summed E-state index contributed by atoms with van der Waals surface area (Å²) in [5, 5.41) is 19.6. The number of thioether (sulfide) groups is 1. The number of carbonyl (C=O) groups is 1. The zero-order valence-electron chi connectivity index (χ0n) is 15.3. The molecule has 0 atom stereocenters. The maximum atomic E-state index is 12.7. The molecular weight excluding hydrogens is 374 g/mol. The van der Waals surface area contributed by atoms with E-state index in [0.29, 0.717) is 16.5 Å². The van der Waals surface area contributed by atoms with Gasteiger partial charge in [-0.05, 0) is 60.0 Å². The Balaban J connectivity index is 1.57. The van der Waals surface area contributed by atoms with E-state index < -0.39 is 0 Å². The lowest BCUT2D eigenvalue weighted by molar-refractivity contribution is 0.102. The van der Waals surface area contributed by atoms with E-state index in [1.165, 1.54) is 11.8 Å². The second-order valence-electron chi connectivity index (χ2n) is 6.00. The van der Waals surface area contributed by atoms with E-state index in [9.17, 15) is 4.79 Å². The van der Waals surface area contributed by atoms with Crippen molar-refractivity contribution in [3.63, 3.8) is 0 Å². The van der Waals surface area contributed by atoms with E-state index in [1.54, 1.807) is 15.4 Å². The third-order valence-electron chi connectivity index (χ3n) is 4.09. The smallest absolute Gasteiger partial charge is 0.276 e. The number of benzene rings is 2. The number of nitrogens with one attached hydrogen (secondary N) is 1. The van der Waals surface area contributed by atoms with Crippen molar-refractivity contribution in [3.05, 3.63) is 72.1 Å². The monoisotopic (exact) mass is 391 g/mol. The van der Waals surface area contributed by atoms with Crippen LogP contribution >= 0.6 is 11.8 Å². The lowest BCUT2D eigenvalue weighted by Crippen LogP contribution is -2.13. The Labute approximate surface area is 165 Å². The summed E-state index contributed by atoms with van der Waals surface area (Å²) in [6.07, 6.45) is 1.90. The fraction of sp³-hybridized carbons (Fsp3) is 0.105. The number of hydrogen-bond donors (Lipinski definition) is 1. The first kappa shape index (κ1) is 17.9. The Bertz CT molecular complexity index is 1120. The Morgan fingerprint density at radius 2 is 1.79 bits per heavy atom. The second-order valence-corrected chi connectivity index (χ2v) is 6.77. The first-order chi connectivity index (χ1) is 13.7. The molecule has 0 aliphatic rings. The molecule has 4 aromatic rings. The molecule has 2 heterocycles. The van der Waals surface area contributed by atoms with E-state index in [0.717, 1.165) is 17.1 Å². The van der Waals surface area contributed by atoms with E-state index in [1.807, 2.05) is 67.8 Å². The van der Waals surface area contributed by atoms with E-state index >= 15 is 0 Å². The molecule has 9 heteroatoms. The summed E-state index contributed by atoms with van der Waals surface area (Å²) in [7, 11) is 0. The van der Waals surface area contributed by atoms with Gasteiger partial charge in [-0.3, -0.25) is 4.79 Å². The first-order valence-electron chi connectivity index (χ1n) is 8.52. The van der Waals surface area contributed by atoms with Crippen molar-refractivity contribution in [1.82, 2.24) is 30.0 Å². The van der Waals surface area contributed by atoms with Crippen molar-refractivity contribution in [3.8, 4) is 11.4 Å². The number of hydrogen-bond acceptors (Lipinski definition) is 6. The molecule has 0 aliphatic carbocycles. The van der Waals surface area contributed by atoms with Gasteiger partial charge in [-0.25, -0.2) is 4.68 Å². The zero-order chi connectivity index (χ0) is 19.5. The first-order valence-corrected chi connectivity index (χ1v) is 9.74. The molecule has 0 unspecified atom stereocenters. The number of carbonyl (C=O) groups excluding carboxylic acids is 1.